The van der Waals surface area contributed by atoms with Crippen LogP contribution in [0.2, 0.25) is 0 Å². The highest BCUT2D eigenvalue weighted by atomic mass is 19.1. The van der Waals surface area contributed by atoms with E-state index in [9.17, 15) is 14.0 Å². The quantitative estimate of drug-likeness (QED) is 0.760. The third kappa shape index (κ3) is 3.67. The summed E-state index contributed by atoms with van der Waals surface area (Å²) in [5.41, 5.74) is -0.299. The molecule has 1 unspecified atom stereocenters. The van der Waals surface area contributed by atoms with E-state index in [4.69, 9.17) is 10.2 Å². The van der Waals surface area contributed by atoms with Gasteiger partial charge in [0.05, 0.1) is 5.56 Å². The Hall–Kier alpha value is -2.11. The number of hydrogen-bond donors (Lipinski definition) is 3. The summed E-state index contributed by atoms with van der Waals surface area (Å²) < 4.78 is 13.5. The Kier molecular flexibility index (Phi) is 4.86. The largest absolute Gasteiger partial charge is 0.508 e. The zero-order valence-electron chi connectivity index (χ0n) is 10.7. The van der Waals surface area contributed by atoms with Gasteiger partial charge in [0.25, 0.3) is 5.91 Å². The smallest absolute Gasteiger partial charge is 0.326 e. The number of phenolic OH excluding ortho intramolecular Hbond substituents is 1. The number of amides is 1. The summed E-state index contributed by atoms with van der Waals surface area (Å²) in [6, 6.07) is 1.99. The van der Waals surface area contributed by atoms with Crippen molar-refractivity contribution in [2.75, 3.05) is 0 Å². The van der Waals surface area contributed by atoms with Gasteiger partial charge in [-0.15, -0.1) is 0 Å². The molecule has 0 aliphatic rings. The first-order chi connectivity index (χ1) is 8.86. The molecule has 1 amide bonds. The fourth-order valence-electron chi connectivity index (χ4n) is 1.59. The van der Waals surface area contributed by atoms with Gasteiger partial charge in [-0.3, -0.25) is 4.79 Å². The molecule has 0 saturated carbocycles. The fourth-order valence-corrected chi connectivity index (χ4v) is 1.59. The van der Waals surface area contributed by atoms with Gasteiger partial charge in [-0.2, -0.15) is 0 Å². The molecule has 104 valence electrons. The maximum atomic E-state index is 13.5. The van der Waals surface area contributed by atoms with Crippen LogP contribution >= 0.6 is 0 Å². The summed E-state index contributed by atoms with van der Waals surface area (Å²) in [4.78, 5) is 22.9. The molecule has 0 aromatic heterocycles. The Balaban J connectivity index is 2.91. The number of aliphatic carboxylic acids is 1. The minimum Gasteiger partial charge on any atom is -0.508 e. The molecule has 0 spiro atoms. The molecule has 0 radical (unpaired) electrons. The number of aromatic hydroxyl groups is 1. The molecule has 2 atom stereocenters. The van der Waals surface area contributed by atoms with Gasteiger partial charge in [0.1, 0.15) is 17.6 Å². The standard InChI is InChI=1S/C13H16FNO4/c1-3-7(2)11(13(18)19)15-12(17)9-5-4-8(16)6-10(9)14/h4-7,11,16H,3H2,1-2H3,(H,15,17)(H,18,19)/t7?,11-/m0/s1. The maximum Gasteiger partial charge on any atom is 0.326 e. The van der Waals surface area contributed by atoms with Crippen molar-refractivity contribution in [2.24, 2.45) is 5.92 Å². The lowest BCUT2D eigenvalue weighted by Gasteiger charge is -2.20. The second-order valence-corrected chi connectivity index (χ2v) is 4.34. The zero-order chi connectivity index (χ0) is 14.6. The summed E-state index contributed by atoms with van der Waals surface area (Å²) in [5, 5.41) is 20.4. The van der Waals surface area contributed by atoms with E-state index in [1.54, 1.807) is 13.8 Å². The first-order valence-corrected chi connectivity index (χ1v) is 5.89. The minimum absolute atomic E-state index is 0.276. The molecule has 1 aromatic rings. The number of phenols is 1. The van der Waals surface area contributed by atoms with E-state index in [0.717, 1.165) is 18.2 Å². The van der Waals surface area contributed by atoms with Gasteiger partial charge >= 0.3 is 5.97 Å². The lowest BCUT2D eigenvalue weighted by molar-refractivity contribution is -0.140. The van der Waals surface area contributed by atoms with E-state index in [2.05, 4.69) is 5.32 Å². The van der Waals surface area contributed by atoms with Gasteiger partial charge in [0.2, 0.25) is 0 Å². The van der Waals surface area contributed by atoms with E-state index in [1.165, 1.54) is 0 Å². The lowest BCUT2D eigenvalue weighted by Crippen LogP contribution is -2.45. The molecule has 1 aromatic carbocycles. The van der Waals surface area contributed by atoms with E-state index >= 15 is 0 Å². The van der Waals surface area contributed by atoms with Crippen molar-refractivity contribution in [2.45, 2.75) is 26.3 Å². The number of carboxylic acids is 1. The first-order valence-electron chi connectivity index (χ1n) is 5.89. The molecule has 0 heterocycles. The van der Waals surface area contributed by atoms with Crippen molar-refractivity contribution in [3.63, 3.8) is 0 Å². The van der Waals surface area contributed by atoms with Gasteiger partial charge in [-0.05, 0) is 18.1 Å². The zero-order valence-corrected chi connectivity index (χ0v) is 10.7. The number of nitrogens with one attached hydrogen (secondary N) is 1. The van der Waals surface area contributed by atoms with Crippen LogP contribution < -0.4 is 5.32 Å². The molecule has 5 nitrogen and oxygen atoms in total. The first kappa shape index (κ1) is 14.9. The maximum absolute atomic E-state index is 13.5. The Morgan fingerprint density at radius 1 is 1.42 bits per heavy atom. The number of carboxylic acid groups (broad SMARTS) is 1. The van der Waals surface area contributed by atoms with Crippen LogP contribution in [-0.2, 0) is 4.79 Å². The Morgan fingerprint density at radius 3 is 2.53 bits per heavy atom. The molecule has 0 saturated heterocycles. The van der Waals surface area contributed by atoms with Crippen LogP contribution in [0.5, 0.6) is 5.75 Å². The van der Waals surface area contributed by atoms with Crippen molar-refractivity contribution < 1.29 is 24.2 Å². The SMILES string of the molecule is CCC(C)[C@H](NC(=O)c1ccc(O)cc1F)C(=O)O. The number of rotatable bonds is 5. The van der Waals surface area contributed by atoms with Gasteiger partial charge in [-0.25, -0.2) is 9.18 Å². The monoisotopic (exact) mass is 269 g/mol. The van der Waals surface area contributed by atoms with Crippen molar-refractivity contribution in [1.29, 1.82) is 0 Å². The van der Waals surface area contributed by atoms with Crippen molar-refractivity contribution in [3.8, 4) is 5.75 Å². The van der Waals surface area contributed by atoms with Crippen LogP contribution in [0.15, 0.2) is 18.2 Å². The summed E-state index contributed by atoms with van der Waals surface area (Å²) in [6.45, 7) is 3.49. The molecule has 0 aliphatic heterocycles. The molecule has 0 bridgehead atoms. The molecule has 6 heteroatoms. The van der Waals surface area contributed by atoms with Crippen LogP contribution in [0.4, 0.5) is 4.39 Å². The minimum atomic E-state index is -1.16. The van der Waals surface area contributed by atoms with E-state index in [-0.39, 0.29) is 17.2 Å². The van der Waals surface area contributed by atoms with Gasteiger partial charge < -0.3 is 15.5 Å². The fraction of sp³-hybridized carbons (Fsp3) is 0.385. The summed E-state index contributed by atoms with van der Waals surface area (Å²) >= 11 is 0. The number of carbonyl (C=O) groups is 2. The molecule has 3 N–H and O–H groups in total. The van der Waals surface area contributed by atoms with E-state index in [0.29, 0.717) is 6.42 Å². The van der Waals surface area contributed by atoms with E-state index in [1.807, 2.05) is 0 Å². The van der Waals surface area contributed by atoms with Crippen molar-refractivity contribution in [3.05, 3.63) is 29.6 Å². The number of benzene rings is 1. The molecule has 19 heavy (non-hydrogen) atoms. The summed E-state index contributed by atoms with van der Waals surface area (Å²) in [7, 11) is 0. The van der Waals surface area contributed by atoms with Gasteiger partial charge in [0, 0.05) is 6.07 Å². The van der Waals surface area contributed by atoms with Gasteiger partial charge in [-0.1, -0.05) is 20.3 Å². The third-order valence-electron chi connectivity index (χ3n) is 2.96. The molecule has 0 aliphatic carbocycles. The highest BCUT2D eigenvalue weighted by Gasteiger charge is 2.26. The van der Waals surface area contributed by atoms with Crippen LogP contribution in [0.25, 0.3) is 0 Å². The highest BCUT2D eigenvalue weighted by Crippen LogP contribution is 2.16. The normalized spacial score (nSPS) is 13.6. The second-order valence-electron chi connectivity index (χ2n) is 4.34. The average Bonchev–Trinajstić information content (AvgIpc) is 2.34. The Labute approximate surface area is 110 Å². The lowest BCUT2D eigenvalue weighted by atomic mass is 9.99. The molecule has 1 rings (SSSR count). The number of carbonyl (C=O) groups excluding carboxylic acids is 1. The van der Waals surface area contributed by atoms with Crippen molar-refractivity contribution >= 4 is 11.9 Å². The Morgan fingerprint density at radius 2 is 2.05 bits per heavy atom. The summed E-state index contributed by atoms with van der Waals surface area (Å²) in [5.74, 6) is -3.45. The third-order valence-corrected chi connectivity index (χ3v) is 2.96. The van der Waals surface area contributed by atoms with Crippen LogP contribution in [0.3, 0.4) is 0 Å². The van der Waals surface area contributed by atoms with Crippen molar-refractivity contribution in [1.82, 2.24) is 5.32 Å². The Bertz CT molecular complexity index is 490. The predicted octanol–water partition coefficient (Wildman–Crippen LogP) is 1.76. The molecule has 0 fully saturated rings. The predicted molar refractivity (Wildman–Crippen MR) is 66.4 cm³/mol. The van der Waals surface area contributed by atoms with Crippen LogP contribution in [0, 0.1) is 11.7 Å². The highest BCUT2D eigenvalue weighted by molar-refractivity contribution is 5.97. The van der Waals surface area contributed by atoms with Crippen LogP contribution in [0.1, 0.15) is 30.6 Å². The summed E-state index contributed by atoms with van der Waals surface area (Å²) in [6.07, 6.45) is 0.565. The second kappa shape index (κ2) is 6.17. The molecular formula is C13H16FNO4. The van der Waals surface area contributed by atoms with Crippen LogP contribution in [-0.4, -0.2) is 28.1 Å². The van der Waals surface area contributed by atoms with E-state index < -0.39 is 23.7 Å². The number of halogens is 1. The average molecular weight is 269 g/mol. The van der Waals surface area contributed by atoms with Gasteiger partial charge in [0.15, 0.2) is 0 Å². The topological polar surface area (TPSA) is 86.6 Å². The number of hydrogen-bond acceptors (Lipinski definition) is 3. The molecular weight excluding hydrogens is 253 g/mol.